The summed E-state index contributed by atoms with van der Waals surface area (Å²) in [6.07, 6.45) is 2.92. The van der Waals surface area contributed by atoms with Crippen LogP contribution in [0.4, 0.5) is 14.7 Å². The molecule has 3 amide bonds. The number of carbonyl (C=O) groups excluding carboxylic acids is 3. The van der Waals surface area contributed by atoms with Crippen LogP contribution in [0.1, 0.15) is 64.5 Å². The number of likely N-dealkylation sites (tertiary alicyclic amines) is 1. The van der Waals surface area contributed by atoms with E-state index in [-0.39, 0.29) is 17.9 Å². The number of anilines is 1. The Balaban J connectivity index is 1.71. The third-order valence-corrected chi connectivity index (χ3v) is 5.75. The van der Waals surface area contributed by atoms with E-state index in [2.05, 4.69) is 15.6 Å². The number of carbonyl (C=O) groups is 3. The van der Waals surface area contributed by atoms with Gasteiger partial charge in [0, 0.05) is 30.9 Å². The van der Waals surface area contributed by atoms with E-state index in [1.165, 1.54) is 18.4 Å². The maximum absolute atomic E-state index is 12.4. The molecule has 2 atom stereocenters. The highest BCUT2D eigenvalue weighted by molar-refractivity contribution is 7.13. The molecule has 1 aliphatic rings. The van der Waals surface area contributed by atoms with Gasteiger partial charge in [-0.15, -0.1) is 11.3 Å². The van der Waals surface area contributed by atoms with Crippen molar-refractivity contribution in [3.05, 3.63) is 11.1 Å². The second-order valence-electron chi connectivity index (χ2n) is 8.85. The molecular weight excluding hydrogens is 434 g/mol. The van der Waals surface area contributed by atoms with Gasteiger partial charge in [-0.05, 0) is 52.9 Å². The van der Waals surface area contributed by atoms with Gasteiger partial charge in [-0.1, -0.05) is 0 Å². The van der Waals surface area contributed by atoms with Crippen LogP contribution < -0.4 is 16.4 Å². The van der Waals surface area contributed by atoms with Crippen molar-refractivity contribution in [3.63, 3.8) is 0 Å². The lowest BCUT2D eigenvalue weighted by Crippen LogP contribution is -2.39. The lowest BCUT2D eigenvalue weighted by atomic mass is 9.96. The average Bonchev–Trinajstić information content (AvgIpc) is 3.20. The molecule has 0 spiro atoms. The maximum atomic E-state index is 12.4. The molecule has 0 bridgehead atoms. The van der Waals surface area contributed by atoms with E-state index < -0.39 is 17.7 Å². The van der Waals surface area contributed by atoms with Crippen LogP contribution in [-0.2, 0) is 14.3 Å². The summed E-state index contributed by atoms with van der Waals surface area (Å²) in [5.74, 6) is -0.165. The van der Waals surface area contributed by atoms with Gasteiger partial charge in [0.25, 0.3) is 0 Å². The standard InChI is InChI=1S/C21H35N5O5S/c1-21(2,3)31-19(28)23-10-6-5-9-15(22)17(27)25-18-24-16(13-32-18)14-8-7-11-26(12-14)20(29)30-4/h13-15H,5-12,22H2,1-4H3,(H,23,28)(H,24,25,27). The van der Waals surface area contributed by atoms with Crippen LogP contribution in [0.2, 0.25) is 0 Å². The van der Waals surface area contributed by atoms with Crippen LogP contribution in [0.15, 0.2) is 5.38 Å². The number of piperidine rings is 1. The Kier molecular flexibility index (Phi) is 9.70. The number of amides is 3. The number of ether oxygens (including phenoxy) is 2. The Hall–Kier alpha value is -2.40. The van der Waals surface area contributed by atoms with Gasteiger partial charge < -0.3 is 30.7 Å². The third kappa shape index (κ3) is 8.62. The van der Waals surface area contributed by atoms with Gasteiger partial charge in [-0.3, -0.25) is 4.79 Å². The summed E-state index contributed by atoms with van der Waals surface area (Å²) < 4.78 is 9.98. The van der Waals surface area contributed by atoms with Gasteiger partial charge in [0.1, 0.15) is 5.60 Å². The number of nitrogens with zero attached hydrogens (tertiary/aromatic N) is 2. The molecule has 2 heterocycles. The fourth-order valence-corrected chi connectivity index (χ4v) is 4.16. The summed E-state index contributed by atoms with van der Waals surface area (Å²) in [6, 6.07) is -0.659. The average molecular weight is 470 g/mol. The number of methoxy groups -OCH3 is 1. The monoisotopic (exact) mass is 469 g/mol. The minimum atomic E-state index is -0.659. The maximum Gasteiger partial charge on any atom is 0.409 e. The highest BCUT2D eigenvalue weighted by Gasteiger charge is 2.27. The van der Waals surface area contributed by atoms with E-state index in [1.807, 2.05) is 26.2 Å². The van der Waals surface area contributed by atoms with E-state index in [9.17, 15) is 14.4 Å². The Morgan fingerprint density at radius 2 is 2.09 bits per heavy atom. The predicted molar refractivity (Wildman–Crippen MR) is 123 cm³/mol. The molecule has 1 fully saturated rings. The lowest BCUT2D eigenvalue weighted by molar-refractivity contribution is -0.117. The van der Waals surface area contributed by atoms with Gasteiger partial charge in [0.15, 0.2) is 5.13 Å². The van der Waals surface area contributed by atoms with Gasteiger partial charge in [0.2, 0.25) is 5.91 Å². The number of alkyl carbamates (subject to hydrolysis) is 1. The van der Waals surface area contributed by atoms with Crippen molar-refractivity contribution in [2.45, 2.75) is 70.4 Å². The van der Waals surface area contributed by atoms with Crippen molar-refractivity contribution in [2.75, 3.05) is 32.1 Å². The Bertz CT molecular complexity index is 779. The molecule has 1 aromatic heterocycles. The molecule has 32 heavy (non-hydrogen) atoms. The minimum absolute atomic E-state index is 0.121. The molecule has 11 heteroatoms. The zero-order valence-electron chi connectivity index (χ0n) is 19.3. The number of nitrogens with two attached hydrogens (primary N) is 1. The fraction of sp³-hybridized carbons (Fsp3) is 0.714. The number of nitrogens with one attached hydrogen (secondary N) is 2. The molecule has 1 aromatic rings. The molecule has 1 aliphatic heterocycles. The number of thiazole rings is 1. The molecule has 4 N–H and O–H groups in total. The summed E-state index contributed by atoms with van der Waals surface area (Å²) in [5, 5.41) is 7.88. The smallest absolute Gasteiger partial charge is 0.409 e. The highest BCUT2D eigenvalue weighted by Crippen LogP contribution is 2.29. The second-order valence-corrected chi connectivity index (χ2v) is 9.71. The summed E-state index contributed by atoms with van der Waals surface area (Å²) >= 11 is 1.35. The first-order chi connectivity index (χ1) is 15.1. The lowest BCUT2D eigenvalue weighted by Gasteiger charge is -2.30. The Morgan fingerprint density at radius 1 is 1.34 bits per heavy atom. The van der Waals surface area contributed by atoms with E-state index in [4.69, 9.17) is 15.2 Å². The van der Waals surface area contributed by atoms with Crippen LogP contribution >= 0.6 is 11.3 Å². The van der Waals surface area contributed by atoms with Crippen LogP contribution in [0, 0.1) is 0 Å². The van der Waals surface area contributed by atoms with Gasteiger partial charge in [-0.25, -0.2) is 14.6 Å². The van der Waals surface area contributed by atoms with E-state index >= 15 is 0 Å². The topological polar surface area (TPSA) is 136 Å². The van der Waals surface area contributed by atoms with E-state index in [0.717, 1.165) is 18.5 Å². The Morgan fingerprint density at radius 3 is 2.78 bits per heavy atom. The SMILES string of the molecule is COC(=O)N1CCCC(c2csc(NC(=O)C(N)CCCCNC(=O)OC(C)(C)C)n2)C1. The first-order valence-electron chi connectivity index (χ1n) is 10.9. The quantitative estimate of drug-likeness (QED) is 0.498. The molecule has 180 valence electrons. The molecule has 0 saturated carbocycles. The van der Waals surface area contributed by atoms with Crippen molar-refractivity contribution in [3.8, 4) is 0 Å². The zero-order valence-corrected chi connectivity index (χ0v) is 20.1. The van der Waals surface area contributed by atoms with Crippen molar-refractivity contribution < 1.29 is 23.9 Å². The summed E-state index contributed by atoms with van der Waals surface area (Å²) in [6.45, 7) is 7.12. The molecule has 0 aliphatic carbocycles. The zero-order chi connectivity index (χ0) is 23.7. The van der Waals surface area contributed by atoms with Gasteiger partial charge in [-0.2, -0.15) is 0 Å². The van der Waals surface area contributed by atoms with Gasteiger partial charge in [0.05, 0.1) is 18.8 Å². The van der Waals surface area contributed by atoms with Crippen LogP contribution in [-0.4, -0.2) is 66.4 Å². The van der Waals surface area contributed by atoms with Crippen molar-refractivity contribution in [1.29, 1.82) is 0 Å². The van der Waals surface area contributed by atoms with E-state index in [1.54, 1.807) is 4.90 Å². The number of hydrogen-bond acceptors (Lipinski definition) is 8. The molecule has 2 unspecified atom stereocenters. The van der Waals surface area contributed by atoms with Crippen LogP contribution in [0.5, 0.6) is 0 Å². The summed E-state index contributed by atoms with van der Waals surface area (Å²) in [4.78, 5) is 42.0. The molecular formula is C21H35N5O5S. The first-order valence-corrected chi connectivity index (χ1v) is 11.8. The molecule has 2 rings (SSSR count). The highest BCUT2D eigenvalue weighted by atomic mass is 32.1. The normalized spacial score (nSPS) is 17.4. The number of unbranched alkanes of at least 4 members (excludes halogenated alkanes) is 1. The van der Waals surface area contributed by atoms with Crippen molar-refractivity contribution in [1.82, 2.24) is 15.2 Å². The van der Waals surface area contributed by atoms with Crippen molar-refractivity contribution in [2.24, 2.45) is 5.73 Å². The summed E-state index contributed by atoms with van der Waals surface area (Å²) in [7, 11) is 1.38. The fourth-order valence-electron chi connectivity index (χ4n) is 3.37. The van der Waals surface area contributed by atoms with Gasteiger partial charge >= 0.3 is 12.2 Å². The number of rotatable bonds is 8. The Labute approximate surface area is 193 Å². The van der Waals surface area contributed by atoms with Crippen LogP contribution in [0.3, 0.4) is 0 Å². The van der Waals surface area contributed by atoms with Crippen molar-refractivity contribution >= 4 is 34.6 Å². The molecule has 1 saturated heterocycles. The second kappa shape index (κ2) is 12.0. The molecule has 10 nitrogen and oxygen atoms in total. The van der Waals surface area contributed by atoms with E-state index in [0.29, 0.717) is 44.0 Å². The number of hydrogen-bond donors (Lipinski definition) is 3. The molecule has 0 radical (unpaired) electrons. The summed E-state index contributed by atoms with van der Waals surface area (Å²) in [5.41, 5.74) is 6.33. The van der Waals surface area contributed by atoms with Crippen LogP contribution in [0.25, 0.3) is 0 Å². The molecule has 0 aromatic carbocycles. The first kappa shape index (κ1) is 25.9. The largest absolute Gasteiger partial charge is 0.453 e. The minimum Gasteiger partial charge on any atom is -0.453 e. The number of aromatic nitrogens is 1. The third-order valence-electron chi connectivity index (χ3n) is 4.97. The predicted octanol–water partition coefficient (Wildman–Crippen LogP) is 3.05.